The molecule has 1 saturated carbocycles. The summed E-state index contributed by atoms with van der Waals surface area (Å²) in [5, 5.41) is 6.68. The van der Waals surface area contributed by atoms with Gasteiger partial charge in [-0.05, 0) is 24.3 Å². The second-order valence-corrected chi connectivity index (χ2v) is 8.12. The van der Waals surface area contributed by atoms with Crippen LogP contribution >= 0.6 is 0 Å². The van der Waals surface area contributed by atoms with Gasteiger partial charge in [0.15, 0.2) is 0 Å². The zero-order chi connectivity index (χ0) is 21.8. The van der Waals surface area contributed by atoms with Gasteiger partial charge in [-0.3, -0.25) is 14.8 Å². The number of aromatic nitrogens is 4. The van der Waals surface area contributed by atoms with E-state index in [4.69, 9.17) is 11.5 Å². The van der Waals surface area contributed by atoms with Gasteiger partial charge >= 0.3 is 0 Å². The van der Waals surface area contributed by atoms with Crippen LogP contribution in [-0.4, -0.2) is 44.0 Å². The summed E-state index contributed by atoms with van der Waals surface area (Å²) in [6, 6.07) is 0.112. The molecule has 4 rings (SSSR count). The maximum atomic E-state index is 12.0. The van der Waals surface area contributed by atoms with Gasteiger partial charge < -0.3 is 22.1 Å². The van der Waals surface area contributed by atoms with Crippen LogP contribution in [-0.2, 0) is 0 Å². The minimum atomic E-state index is -0.577. The number of carbonyl (C=O) groups is 1. The highest BCUT2D eigenvalue weighted by Gasteiger charge is 2.24. The van der Waals surface area contributed by atoms with E-state index in [2.05, 4.69) is 43.6 Å². The Morgan fingerprint density at radius 3 is 2.68 bits per heavy atom. The number of primary amides is 1. The molecule has 0 aromatic carbocycles. The summed E-state index contributed by atoms with van der Waals surface area (Å²) in [6.45, 7) is 2.09. The first-order chi connectivity index (χ1) is 15.0. The van der Waals surface area contributed by atoms with Crippen molar-refractivity contribution >= 4 is 23.2 Å². The average molecular weight is 421 g/mol. The fraction of sp³-hybridized carbons (Fsp3) is 0.409. The average Bonchev–Trinajstić information content (AvgIpc) is 2.77. The van der Waals surface area contributed by atoms with Gasteiger partial charge in [-0.1, -0.05) is 38.0 Å². The lowest BCUT2D eigenvalue weighted by molar-refractivity contribution is 0.100. The van der Waals surface area contributed by atoms with Crippen LogP contribution in [0.1, 0.15) is 48.7 Å². The summed E-state index contributed by atoms with van der Waals surface area (Å²) < 4.78 is 0. The SMILES string of the molecule is C[C@@H]1C=C(c2cnccn2)C=CC1Nc1nc(N[C@@H]2CCCC[C@@H]2N)ncc1C(N)=O. The molecular weight excluding hydrogens is 392 g/mol. The summed E-state index contributed by atoms with van der Waals surface area (Å²) in [5.74, 6) is 0.401. The lowest BCUT2D eigenvalue weighted by Crippen LogP contribution is -2.43. The Bertz CT molecular complexity index is 990. The monoisotopic (exact) mass is 420 g/mol. The van der Waals surface area contributed by atoms with E-state index in [1.807, 2.05) is 12.2 Å². The molecule has 6 N–H and O–H groups in total. The van der Waals surface area contributed by atoms with Crippen molar-refractivity contribution in [2.75, 3.05) is 10.6 Å². The third-order valence-electron chi connectivity index (χ3n) is 5.84. The van der Waals surface area contributed by atoms with Crippen LogP contribution in [0, 0.1) is 5.92 Å². The smallest absolute Gasteiger partial charge is 0.254 e. The lowest BCUT2D eigenvalue weighted by Gasteiger charge is -2.29. The zero-order valence-electron chi connectivity index (χ0n) is 17.5. The summed E-state index contributed by atoms with van der Waals surface area (Å²) >= 11 is 0. The fourth-order valence-electron chi connectivity index (χ4n) is 4.03. The first kappa shape index (κ1) is 20.9. The van der Waals surface area contributed by atoms with Crippen molar-refractivity contribution in [3.05, 3.63) is 54.3 Å². The molecule has 2 aliphatic rings. The van der Waals surface area contributed by atoms with E-state index in [1.54, 1.807) is 18.6 Å². The molecule has 2 aromatic heterocycles. The molecule has 2 aliphatic carbocycles. The maximum Gasteiger partial charge on any atom is 0.254 e. The number of carbonyl (C=O) groups excluding carboxylic acids is 1. The Kier molecular flexibility index (Phi) is 6.22. The molecule has 31 heavy (non-hydrogen) atoms. The Hall–Kier alpha value is -3.33. The molecule has 0 bridgehead atoms. The van der Waals surface area contributed by atoms with E-state index >= 15 is 0 Å². The molecule has 1 fully saturated rings. The maximum absolute atomic E-state index is 12.0. The molecule has 2 aromatic rings. The molecule has 4 atom stereocenters. The molecular formula is C22H28N8O. The number of nitrogens with one attached hydrogen (secondary N) is 2. The highest BCUT2D eigenvalue weighted by atomic mass is 16.1. The molecule has 1 unspecified atom stereocenters. The Labute approximate surface area is 181 Å². The molecule has 9 heteroatoms. The van der Waals surface area contributed by atoms with Crippen molar-refractivity contribution in [1.82, 2.24) is 19.9 Å². The van der Waals surface area contributed by atoms with Crippen LogP contribution in [0.2, 0.25) is 0 Å². The predicted molar refractivity (Wildman–Crippen MR) is 120 cm³/mol. The third-order valence-corrected chi connectivity index (χ3v) is 5.84. The van der Waals surface area contributed by atoms with E-state index in [9.17, 15) is 4.79 Å². The quantitative estimate of drug-likeness (QED) is 0.556. The number of nitrogens with two attached hydrogens (primary N) is 2. The summed E-state index contributed by atoms with van der Waals surface area (Å²) in [4.78, 5) is 29.3. The topological polar surface area (TPSA) is 145 Å². The van der Waals surface area contributed by atoms with Crippen molar-refractivity contribution in [1.29, 1.82) is 0 Å². The van der Waals surface area contributed by atoms with Crippen molar-refractivity contribution < 1.29 is 4.79 Å². The number of anilines is 2. The first-order valence-corrected chi connectivity index (χ1v) is 10.6. The summed E-state index contributed by atoms with van der Waals surface area (Å²) in [7, 11) is 0. The number of allylic oxidation sites excluding steroid dienone is 2. The van der Waals surface area contributed by atoms with Gasteiger partial charge in [0.1, 0.15) is 5.82 Å². The molecule has 0 saturated heterocycles. The van der Waals surface area contributed by atoms with Crippen LogP contribution in [0.15, 0.2) is 43.0 Å². The van der Waals surface area contributed by atoms with E-state index < -0.39 is 5.91 Å². The van der Waals surface area contributed by atoms with E-state index in [0.717, 1.165) is 37.0 Å². The van der Waals surface area contributed by atoms with Gasteiger partial charge in [0.2, 0.25) is 5.95 Å². The minimum absolute atomic E-state index is 0.0653. The van der Waals surface area contributed by atoms with Crippen LogP contribution in [0.25, 0.3) is 5.57 Å². The molecule has 1 amide bonds. The zero-order valence-corrected chi connectivity index (χ0v) is 17.5. The molecule has 2 heterocycles. The molecule has 0 spiro atoms. The Balaban J connectivity index is 1.52. The second-order valence-electron chi connectivity index (χ2n) is 8.12. The Morgan fingerprint density at radius 2 is 1.97 bits per heavy atom. The largest absolute Gasteiger partial charge is 0.365 e. The molecule has 9 nitrogen and oxygen atoms in total. The number of hydrogen-bond donors (Lipinski definition) is 4. The second kappa shape index (κ2) is 9.22. The minimum Gasteiger partial charge on any atom is -0.365 e. The molecule has 0 aliphatic heterocycles. The fourth-order valence-corrected chi connectivity index (χ4v) is 4.03. The van der Waals surface area contributed by atoms with Gasteiger partial charge in [0.05, 0.1) is 23.5 Å². The number of amides is 1. The van der Waals surface area contributed by atoms with E-state index in [1.165, 1.54) is 6.20 Å². The highest BCUT2D eigenvalue weighted by molar-refractivity contribution is 5.97. The van der Waals surface area contributed by atoms with Gasteiger partial charge in [-0.25, -0.2) is 4.98 Å². The van der Waals surface area contributed by atoms with Crippen molar-refractivity contribution in [2.24, 2.45) is 17.4 Å². The molecule has 0 radical (unpaired) electrons. The van der Waals surface area contributed by atoms with Gasteiger partial charge in [0.25, 0.3) is 5.91 Å². The lowest BCUT2D eigenvalue weighted by atomic mass is 9.91. The van der Waals surface area contributed by atoms with Crippen LogP contribution in [0.3, 0.4) is 0 Å². The number of rotatable bonds is 6. The predicted octanol–water partition coefficient (Wildman–Crippen LogP) is 2.12. The van der Waals surface area contributed by atoms with Gasteiger partial charge in [-0.15, -0.1) is 0 Å². The standard InChI is InChI=1S/C22H28N8O/c1-13-10-14(19-12-25-8-9-26-19)6-7-17(13)28-21-15(20(24)31)11-27-22(30-21)29-18-5-3-2-4-16(18)23/h6-13,16-18H,2-5,23H2,1H3,(H2,24,31)(H2,27,28,29,30)/t13-,16+,17?,18-/m1/s1. The number of hydrogen-bond acceptors (Lipinski definition) is 8. The van der Waals surface area contributed by atoms with E-state index in [0.29, 0.717) is 11.8 Å². The molecule has 162 valence electrons. The highest BCUT2D eigenvalue weighted by Crippen LogP contribution is 2.27. The normalized spacial score (nSPS) is 25.5. The van der Waals surface area contributed by atoms with Crippen LogP contribution in [0.4, 0.5) is 11.8 Å². The van der Waals surface area contributed by atoms with Crippen molar-refractivity contribution in [3.63, 3.8) is 0 Å². The third kappa shape index (κ3) is 4.88. The Morgan fingerprint density at radius 1 is 1.13 bits per heavy atom. The van der Waals surface area contributed by atoms with Crippen LogP contribution in [0.5, 0.6) is 0 Å². The summed E-state index contributed by atoms with van der Waals surface area (Å²) in [5.41, 5.74) is 13.9. The van der Waals surface area contributed by atoms with Gasteiger partial charge in [-0.2, -0.15) is 4.98 Å². The van der Waals surface area contributed by atoms with Crippen molar-refractivity contribution in [3.8, 4) is 0 Å². The summed E-state index contributed by atoms with van der Waals surface area (Å²) in [6.07, 6.45) is 16.9. The van der Waals surface area contributed by atoms with E-state index in [-0.39, 0.29) is 29.6 Å². The van der Waals surface area contributed by atoms with Gasteiger partial charge in [0, 0.05) is 30.7 Å². The van der Waals surface area contributed by atoms with Crippen molar-refractivity contribution in [2.45, 2.75) is 50.7 Å². The first-order valence-electron chi connectivity index (χ1n) is 10.6. The number of nitrogens with zero attached hydrogens (tertiary/aromatic N) is 4. The van der Waals surface area contributed by atoms with Crippen LogP contribution < -0.4 is 22.1 Å².